The summed E-state index contributed by atoms with van der Waals surface area (Å²) in [7, 11) is 0. The second kappa shape index (κ2) is 8.15. The number of hydrogen-bond acceptors (Lipinski definition) is 2. The van der Waals surface area contributed by atoms with Crippen molar-refractivity contribution >= 4 is 5.91 Å². The first-order chi connectivity index (χ1) is 10.7. The first kappa shape index (κ1) is 19.2. The third kappa shape index (κ3) is 6.06. The number of ether oxygens (including phenoxy) is 1. The minimum atomic E-state index is -4.91. The summed E-state index contributed by atoms with van der Waals surface area (Å²) < 4.78 is 43.1. The minimum Gasteiger partial charge on any atom is -0.365 e. The molecule has 0 aliphatic heterocycles. The summed E-state index contributed by atoms with van der Waals surface area (Å²) in [5.41, 5.74) is 0.143. The van der Waals surface area contributed by atoms with Crippen LogP contribution in [-0.2, 0) is 9.53 Å². The largest absolute Gasteiger partial charge is 0.471 e. The van der Waals surface area contributed by atoms with Gasteiger partial charge in [0.1, 0.15) is 6.10 Å². The number of hydrogen-bond donors (Lipinski definition) is 1. The molecular weight excluding hydrogens is 307 g/mol. The van der Waals surface area contributed by atoms with E-state index in [4.69, 9.17) is 4.74 Å². The zero-order valence-electron chi connectivity index (χ0n) is 13.3. The lowest BCUT2D eigenvalue weighted by atomic mass is 9.97. The van der Waals surface area contributed by atoms with Gasteiger partial charge in [-0.25, -0.2) is 0 Å². The first-order valence-electron chi connectivity index (χ1n) is 7.40. The van der Waals surface area contributed by atoms with Crippen LogP contribution in [0.2, 0.25) is 0 Å². The van der Waals surface area contributed by atoms with E-state index in [0.29, 0.717) is 18.4 Å². The lowest BCUT2D eigenvalue weighted by Gasteiger charge is -2.33. The Morgan fingerprint density at radius 2 is 1.96 bits per heavy atom. The zero-order valence-corrected chi connectivity index (χ0v) is 13.3. The molecule has 0 unspecified atom stereocenters. The second-order valence-electron chi connectivity index (χ2n) is 5.52. The Balaban J connectivity index is 2.90. The third-order valence-corrected chi connectivity index (χ3v) is 3.63. The number of carbonyl (C=O) groups excluding carboxylic acids is 1. The molecule has 0 heterocycles. The van der Waals surface area contributed by atoms with E-state index in [9.17, 15) is 18.0 Å². The number of carbonyl (C=O) groups is 1. The van der Waals surface area contributed by atoms with Crippen LogP contribution in [0.15, 0.2) is 43.0 Å². The predicted molar refractivity (Wildman–Crippen MR) is 82.8 cm³/mol. The Morgan fingerprint density at radius 3 is 2.43 bits per heavy atom. The van der Waals surface area contributed by atoms with Gasteiger partial charge in [0.25, 0.3) is 0 Å². The lowest BCUT2D eigenvalue weighted by Crippen LogP contribution is -2.41. The quantitative estimate of drug-likeness (QED) is 0.727. The molecule has 1 aromatic rings. The average Bonchev–Trinajstić information content (AvgIpc) is 2.51. The molecule has 0 saturated heterocycles. The molecule has 1 aromatic carbocycles. The highest BCUT2D eigenvalue weighted by Gasteiger charge is 2.39. The summed E-state index contributed by atoms with van der Waals surface area (Å²) in [4.78, 5) is 11.1. The Labute approximate surface area is 134 Å². The molecular formula is C17H22F3NO2. The van der Waals surface area contributed by atoms with Crippen molar-refractivity contribution in [1.29, 1.82) is 0 Å². The van der Waals surface area contributed by atoms with Crippen molar-refractivity contribution in [2.45, 2.75) is 44.6 Å². The highest BCUT2D eigenvalue weighted by atomic mass is 19.4. The Bertz CT molecular complexity index is 516. The molecule has 128 valence electrons. The van der Waals surface area contributed by atoms with Gasteiger partial charge in [0, 0.05) is 6.54 Å². The maximum Gasteiger partial charge on any atom is 0.471 e. The molecule has 0 aliphatic rings. The lowest BCUT2D eigenvalue weighted by molar-refractivity contribution is -0.174. The maximum absolute atomic E-state index is 12.4. The number of amides is 1. The van der Waals surface area contributed by atoms with E-state index >= 15 is 0 Å². The molecule has 1 N–H and O–H groups in total. The zero-order chi connectivity index (χ0) is 17.5. The van der Waals surface area contributed by atoms with Gasteiger partial charge in [0.05, 0.1) is 5.60 Å². The highest BCUT2D eigenvalue weighted by molar-refractivity contribution is 5.81. The van der Waals surface area contributed by atoms with Crippen LogP contribution in [0.5, 0.6) is 0 Å². The summed E-state index contributed by atoms with van der Waals surface area (Å²) in [6, 6.07) is 8.86. The monoisotopic (exact) mass is 329 g/mol. The summed E-state index contributed by atoms with van der Waals surface area (Å²) in [6.07, 6.45) is -2.65. The summed E-state index contributed by atoms with van der Waals surface area (Å²) >= 11 is 0. The van der Waals surface area contributed by atoms with Crippen LogP contribution < -0.4 is 5.32 Å². The van der Waals surface area contributed by atoms with Crippen molar-refractivity contribution in [3.63, 3.8) is 0 Å². The van der Waals surface area contributed by atoms with Gasteiger partial charge in [-0.05, 0) is 25.3 Å². The molecule has 0 saturated carbocycles. The van der Waals surface area contributed by atoms with Gasteiger partial charge >= 0.3 is 12.1 Å². The van der Waals surface area contributed by atoms with Crippen LogP contribution >= 0.6 is 0 Å². The topological polar surface area (TPSA) is 38.3 Å². The Kier molecular flexibility index (Phi) is 6.81. The predicted octanol–water partition coefficient (Wildman–Crippen LogP) is 4.17. The van der Waals surface area contributed by atoms with Crippen molar-refractivity contribution in [2.75, 3.05) is 6.54 Å². The maximum atomic E-state index is 12.4. The van der Waals surface area contributed by atoms with Gasteiger partial charge in [-0.1, -0.05) is 43.3 Å². The van der Waals surface area contributed by atoms with Gasteiger partial charge in [-0.3, -0.25) is 4.79 Å². The fourth-order valence-electron chi connectivity index (χ4n) is 2.11. The van der Waals surface area contributed by atoms with Crippen molar-refractivity contribution in [3.8, 4) is 0 Å². The number of rotatable bonds is 8. The molecule has 0 spiro atoms. The number of halogens is 3. The smallest absolute Gasteiger partial charge is 0.365 e. The van der Waals surface area contributed by atoms with Crippen molar-refractivity contribution in [1.82, 2.24) is 5.32 Å². The average molecular weight is 329 g/mol. The van der Waals surface area contributed by atoms with E-state index in [-0.39, 0.29) is 6.54 Å². The molecule has 2 atom stereocenters. The van der Waals surface area contributed by atoms with Gasteiger partial charge in [0.2, 0.25) is 0 Å². The fraction of sp³-hybridized carbons (Fsp3) is 0.471. The van der Waals surface area contributed by atoms with Crippen LogP contribution in [0, 0.1) is 0 Å². The van der Waals surface area contributed by atoms with Crippen LogP contribution in [-0.4, -0.2) is 24.2 Å². The highest BCUT2D eigenvalue weighted by Crippen LogP contribution is 2.29. The molecule has 1 rings (SSSR count). The van der Waals surface area contributed by atoms with Gasteiger partial charge in [-0.2, -0.15) is 13.2 Å². The van der Waals surface area contributed by atoms with Crippen molar-refractivity contribution < 1.29 is 22.7 Å². The van der Waals surface area contributed by atoms with Crippen molar-refractivity contribution in [2.24, 2.45) is 0 Å². The molecule has 0 radical (unpaired) electrons. The third-order valence-electron chi connectivity index (χ3n) is 3.63. The molecule has 6 heteroatoms. The summed E-state index contributed by atoms with van der Waals surface area (Å²) in [5.74, 6) is -1.97. The molecule has 3 nitrogen and oxygen atoms in total. The second-order valence-corrected chi connectivity index (χ2v) is 5.52. The minimum absolute atomic E-state index is 0.255. The number of benzene rings is 1. The van der Waals surface area contributed by atoms with E-state index in [1.54, 1.807) is 36.4 Å². The summed E-state index contributed by atoms with van der Waals surface area (Å²) in [5, 5.41) is 1.90. The van der Waals surface area contributed by atoms with Gasteiger partial charge < -0.3 is 10.1 Å². The normalized spacial score (nSPS) is 15.5. The van der Waals surface area contributed by atoms with E-state index in [2.05, 4.69) is 6.58 Å². The van der Waals surface area contributed by atoms with Crippen LogP contribution in [0.3, 0.4) is 0 Å². The SMILES string of the molecule is C=CC[C@](C)(CC)O[C@@H](CNC(=O)C(F)(F)F)c1ccccc1. The standard InChI is InChI=1S/C17H22F3NO2/c1-4-11-16(3,5-2)23-14(13-9-7-6-8-10-13)12-21-15(22)17(18,19)20/h4,6-10,14H,1,5,11-12H2,2-3H3,(H,21,22)/t14-,16-/m0/s1. The molecule has 1 amide bonds. The van der Waals surface area contributed by atoms with E-state index in [1.165, 1.54) is 0 Å². The summed E-state index contributed by atoms with van der Waals surface area (Å²) in [6.45, 7) is 7.23. The van der Waals surface area contributed by atoms with Crippen molar-refractivity contribution in [3.05, 3.63) is 48.6 Å². The molecule has 0 aliphatic carbocycles. The van der Waals surface area contributed by atoms with Crippen LogP contribution in [0.25, 0.3) is 0 Å². The van der Waals surface area contributed by atoms with Gasteiger partial charge in [0.15, 0.2) is 0 Å². The van der Waals surface area contributed by atoms with E-state index in [1.807, 2.05) is 19.2 Å². The number of nitrogens with one attached hydrogen (secondary N) is 1. The first-order valence-corrected chi connectivity index (χ1v) is 7.40. The number of alkyl halides is 3. The van der Waals surface area contributed by atoms with Gasteiger partial charge in [-0.15, -0.1) is 6.58 Å². The molecule has 0 bridgehead atoms. The fourth-order valence-corrected chi connectivity index (χ4v) is 2.11. The van der Waals surface area contributed by atoms with E-state index in [0.717, 1.165) is 0 Å². The van der Waals surface area contributed by atoms with E-state index < -0.39 is 23.8 Å². The van der Waals surface area contributed by atoms with Crippen LogP contribution in [0.4, 0.5) is 13.2 Å². The Hall–Kier alpha value is -1.82. The molecule has 0 aromatic heterocycles. The molecule has 0 fully saturated rings. The molecule has 23 heavy (non-hydrogen) atoms. The van der Waals surface area contributed by atoms with Crippen LogP contribution in [0.1, 0.15) is 38.4 Å². The Morgan fingerprint density at radius 1 is 1.35 bits per heavy atom.